The monoisotopic (exact) mass is 324 g/mol. The van der Waals surface area contributed by atoms with Crippen LogP contribution in [-0.2, 0) is 16.6 Å². The number of hydrogen-bond donors (Lipinski definition) is 2. The standard InChI is InChI=1S/C15H20N2O2S2/c1-21(18,19)17-11-5-10-16-12-14-8-9-15(20-14)13-6-3-2-4-7-13/h2-4,6-9,16-17H,5,10-12H2,1H3. The normalized spacial score (nSPS) is 11.7. The number of thiophene rings is 1. The molecule has 1 aromatic carbocycles. The van der Waals surface area contributed by atoms with Crippen molar-refractivity contribution in [1.82, 2.24) is 10.0 Å². The third-order valence-corrected chi connectivity index (χ3v) is 4.78. The molecule has 0 saturated carbocycles. The maximum Gasteiger partial charge on any atom is 0.208 e. The van der Waals surface area contributed by atoms with Gasteiger partial charge in [-0.05, 0) is 30.7 Å². The lowest BCUT2D eigenvalue weighted by molar-refractivity contribution is 0.579. The molecule has 0 aliphatic carbocycles. The maximum atomic E-state index is 10.9. The minimum atomic E-state index is -3.07. The van der Waals surface area contributed by atoms with Crippen molar-refractivity contribution in [3.63, 3.8) is 0 Å². The van der Waals surface area contributed by atoms with Crippen LogP contribution in [0.5, 0.6) is 0 Å². The lowest BCUT2D eigenvalue weighted by Crippen LogP contribution is -2.26. The minimum absolute atomic E-state index is 0.478. The van der Waals surface area contributed by atoms with Gasteiger partial charge in [-0.2, -0.15) is 0 Å². The highest BCUT2D eigenvalue weighted by Gasteiger charge is 2.02. The fourth-order valence-corrected chi connectivity index (χ4v) is 3.41. The fourth-order valence-electron chi connectivity index (χ4n) is 1.91. The predicted octanol–water partition coefficient (Wildman–Crippen LogP) is 2.44. The summed E-state index contributed by atoms with van der Waals surface area (Å²) in [6.45, 7) is 2.09. The Balaban J connectivity index is 1.72. The first-order valence-corrected chi connectivity index (χ1v) is 9.55. The zero-order chi connectivity index (χ0) is 15.1. The average Bonchev–Trinajstić information content (AvgIpc) is 2.91. The molecule has 2 rings (SSSR count). The molecule has 0 unspecified atom stereocenters. The number of benzene rings is 1. The molecule has 0 aliphatic rings. The third-order valence-electron chi connectivity index (χ3n) is 2.91. The largest absolute Gasteiger partial charge is 0.312 e. The van der Waals surface area contributed by atoms with Gasteiger partial charge in [0.15, 0.2) is 0 Å². The second-order valence-corrected chi connectivity index (χ2v) is 7.83. The molecule has 0 fully saturated rings. The summed E-state index contributed by atoms with van der Waals surface area (Å²) in [5.74, 6) is 0. The molecule has 2 aromatic rings. The molecule has 1 heterocycles. The van der Waals surface area contributed by atoms with Gasteiger partial charge in [-0.1, -0.05) is 30.3 Å². The van der Waals surface area contributed by atoms with Crippen LogP contribution < -0.4 is 10.0 Å². The first kappa shape index (κ1) is 16.2. The smallest absolute Gasteiger partial charge is 0.208 e. The quantitative estimate of drug-likeness (QED) is 0.733. The van der Waals surface area contributed by atoms with Crippen molar-refractivity contribution < 1.29 is 8.42 Å². The Morgan fingerprint density at radius 3 is 2.52 bits per heavy atom. The molecule has 0 spiro atoms. The lowest BCUT2D eigenvalue weighted by Gasteiger charge is -2.04. The number of rotatable bonds is 8. The van der Waals surface area contributed by atoms with E-state index in [1.807, 2.05) is 18.2 Å². The molecular weight excluding hydrogens is 304 g/mol. The first-order chi connectivity index (χ1) is 10.0. The zero-order valence-corrected chi connectivity index (χ0v) is 13.6. The van der Waals surface area contributed by atoms with Gasteiger partial charge in [-0.25, -0.2) is 13.1 Å². The van der Waals surface area contributed by atoms with Gasteiger partial charge in [0.1, 0.15) is 0 Å². The van der Waals surface area contributed by atoms with E-state index in [9.17, 15) is 8.42 Å². The Morgan fingerprint density at radius 2 is 1.81 bits per heavy atom. The lowest BCUT2D eigenvalue weighted by atomic mass is 10.2. The van der Waals surface area contributed by atoms with E-state index in [-0.39, 0.29) is 0 Å². The predicted molar refractivity (Wildman–Crippen MR) is 88.9 cm³/mol. The summed E-state index contributed by atoms with van der Waals surface area (Å²) in [5, 5.41) is 3.33. The maximum absolute atomic E-state index is 10.9. The second-order valence-electron chi connectivity index (χ2n) is 4.83. The molecule has 4 nitrogen and oxygen atoms in total. The van der Waals surface area contributed by atoms with E-state index in [4.69, 9.17) is 0 Å². The summed E-state index contributed by atoms with van der Waals surface area (Å²) >= 11 is 1.78. The first-order valence-electron chi connectivity index (χ1n) is 6.84. The summed E-state index contributed by atoms with van der Waals surface area (Å²) in [6.07, 6.45) is 1.96. The summed E-state index contributed by atoms with van der Waals surface area (Å²) < 4.78 is 24.3. The van der Waals surface area contributed by atoms with Gasteiger partial charge in [0, 0.05) is 22.8 Å². The minimum Gasteiger partial charge on any atom is -0.312 e. The molecule has 0 atom stereocenters. The molecule has 6 heteroatoms. The Bertz CT molecular complexity index is 651. The Labute approximate surface area is 130 Å². The molecule has 1 aromatic heterocycles. The van der Waals surface area contributed by atoms with Gasteiger partial charge in [0.2, 0.25) is 10.0 Å². The van der Waals surface area contributed by atoms with Crippen molar-refractivity contribution in [1.29, 1.82) is 0 Å². The van der Waals surface area contributed by atoms with E-state index in [1.165, 1.54) is 21.6 Å². The highest BCUT2D eigenvalue weighted by Crippen LogP contribution is 2.27. The van der Waals surface area contributed by atoms with Gasteiger partial charge >= 0.3 is 0 Å². The van der Waals surface area contributed by atoms with E-state index >= 15 is 0 Å². The molecule has 0 saturated heterocycles. The zero-order valence-electron chi connectivity index (χ0n) is 12.0. The molecule has 0 aliphatic heterocycles. The highest BCUT2D eigenvalue weighted by atomic mass is 32.2. The van der Waals surface area contributed by atoms with Crippen LogP contribution in [0.15, 0.2) is 42.5 Å². The summed E-state index contributed by atoms with van der Waals surface area (Å²) in [4.78, 5) is 2.55. The molecule has 114 valence electrons. The van der Waals surface area contributed by atoms with Crippen LogP contribution in [0.1, 0.15) is 11.3 Å². The molecular formula is C15H20N2O2S2. The summed E-state index contributed by atoms with van der Waals surface area (Å²) in [7, 11) is -3.07. The van der Waals surface area contributed by atoms with Gasteiger partial charge in [-0.15, -0.1) is 11.3 Å². The van der Waals surface area contributed by atoms with E-state index < -0.39 is 10.0 Å². The van der Waals surface area contributed by atoms with Gasteiger partial charge in [0.05, 0.1) is 6.26 Å². The summed E-state index contributed by atoms with van der Waals surface area (Å²) in [6, 6.07) is 14.6. The van der Waals surface area contributed by atoms with Crippen LogP contribution in [0.25, 0.3) is 10.4 Å². The van der Waals surface area contributed by atoms with Crippen LogP contribution >= 0.6 is 11.3 Å². The fraction of sp³-hybridized carbons (Fsp3) is 0.333. The Hall–Kier alpha value is -1.21. The SMILES string of the molecule is CS(=O)(=O)NCCCNCc1ccc(-c2ccccc2)s1. The van der Waals surface area contributed by atoms with Crippen molar-refractivity contribution in [3.05, 3.63) is 47.3 Å². The average molecular weight is 324 g/mol. The molecule has 2 N–H and O–H groups in total. The number of nitrogens with one attached hydrogen (secondary N) is 2. The van der Waals surface area contributed by atoms with Crippen LogP contribution in [0.2, 0.25) is 0 Å². The van der Waals surface area contributed by atoms with Crippen LogP contribution in [-0.4, -0.2) is 27.8 Å². The van der Waals surface area contributed by atoms with Crippen molar-refractivity contribution in [2.75, 3.05) is 19.3 Å². The van der Waals surface area contributed by atoms with Crippen LogP contribution in [0.3, 0.4) is 0 Å². The van der Waals surface area contributed by atoms with Crippen molar-refractivity contribution in [2.24, 2.45) is 0 Å². The third kappa shape index (κ3) is 5.97. The topological polar surface area (TPSA) is 58.2 Å². The van der Waals surface area contributed by atoms with Crippen molar-refractivity contribution in [2.45, 2.75) is 13.0 Å². The second kappa shape index (κ2) is 7.70. The number of hydrogen-bond acceptors (Lipinski definition) is 4. The molecule has 0 radical (unpaired) electrons. The molecule has 0 bridgehead atoms. The van der Waals surface area contributed by atoms with Gasteiger partial charge < -0.3 is 5.32 Å². The Kier molecular flexibility index (Phi) is 5.93. The van der Waals surface area contributed by atoms with Gasteiger partial charge in [-0.3, -0.25) is 0 Å². The van der Waals surface area contributed by atoms with E-state index in [0.29, 0.717) is 6.54 Å². The summed E-state index contributed by atoms with van der Waals surface area (Å²) in [5.41, 5.74) is 1.24. The van der Waals surface area contributed by atoms with Crippen LogP contribution in [0, 0.1) is 0 Å². The van der Waals surface area contributed by atoms with Crippen molar-refractivity contribution >= 4 is 21.4 Å². The molecule has 0 amide bonds. The highest BCUT2D eigenvalue weighted by molar-refractivity contribution is 7.88. The number of sulfonamides is 1. The Morgan fingerprint density at radius 1 is 1.05 bits per heavy atom. The van der Waals surface area contributed by atoms with E-state index in [1.54, 1.807) is 11.3 Å². The van der Waals surface area contributed by atoms with Crippen molar-refractivity contribution in [3.8, 4) is 10.4 Å². The molecule has 21 heavy (non-hydrogen) atoms. The van der Waals surface area contributed by atoms with E-state index in [0.717, 1.165) is 19.5 Å². The van der Waals surface area contributed by atoms with Crippen LogP contribution in [0.4, 0.5) is 0 Å². The van der Waals surface area contributed by atoms with E-state index in [2.05, 4.69) is 34.3 Å². The van der Waals surface area contributed by atoms with Gasteiger partial charge in [0.25, 0.3) is 0 Å².